The number of hydrogen-bond donors (Lipinski definition) is 1. The normalized spacial score (nSPS) is 23.0. The number of rotatable bonds is 7. The molecule has 1 aromatic rings. The minimum Gasteiger partial charge on any atom is -0.399 e. The fourth-order valence-electron chi connectivity index (χ4n) is 5.02. The maximum absolute atomic E-state index is 6.23. The Morgan fingerprint density at radius 2 is 1.76 bits per heavy atom. The zero-order valence-electron chi connectivity index (χ0n) is 18.6. The Kier molecular flexibility index (Phi) is 6.81. The number of nitrogens with zero attached hydrogens (tertiary/aromatic N) is 3. The van der Waals surface area contributed by atoms with Crippen molar-refractivity contribution in [1.29, 1.82) is 0 Å². The first-order chi connectivity index (χ1) is 14.1. The van der Waals surface area contributed by atoms with Crippen LogP contribution in [0.2, 0.25) is 0 Å². The van der Waals surface area contributed by atoms with Crippen LogP contribution in [0.5, 0.6) is 0 Å². The monoisotopic (exact) mass is 396 g/mol. The van der Waals surface area contributed by atoms with E-state index in [-0.39, 0.29) is 0 Å². The molecule has 0 radical (unpaired) electrons. The fraction of sp³-hybridized carbons (Fsp3) is 0.680. The highest BCUT2D eigenvalue weighted by Gasteiger charge is 2.28. The second kappa shape index (κ2) is 9.53. The highest BCUT2D eigenvalue weighted by molar-refractivity contribution is 5.79. The van der Waals surface area contributed by atoms with Gasteiger partial charge < -0.3 is 15.5 Å². The van der Waals surface area contributed by atoms with Crippen molar-refractivity contribution >= 4 is 16.9 Å². The zero-order valence-corrected chi connectivity index (χ0v) is 18.6. The molecule has 4 nitrogen and oxygen atoms in total. The lowest BCUT2D eigenvalue weighted by Crippen LogP contribution is -2.52. The van der Waals surface area contributed by atoms with Gasteiger partial charge in [0.05, 0.1) is 0 Å². The van der Waals surface area contributed by atoms with E-state index in [0.29, 0.717) is 0 Å². The molecule has 0 atom stereocenters. The van der Waals surface area contributed by atoms with Crippen molar-refractivity contribution in [3.05, 3.63) is 29.8 Å². The summed E-state index contributed by atoms with van der Waals surface area (Å²) in [6.07, 6.45) is 11.5. The van der Waals surface area contributed by atoms with Crippen LogP contribution in [-0.4, -0.2) is 62.2 Å². The summed E-state index contributed by atoms with van der Waals surface area (Å²) in [5, 5.41) is 0. The molecule has 0 aromatic heterocycles. The largest absolute Gasteiger partial charge is 0.399 e. The average molecular weight is 397 g/mol. The van der Waals surface area contributed by atoms with Crippen LogP contribution in [0.1, 0.15) is 57.4 Å². The third kappa shape index (κ3) is 5.35. The minimum absolute atomic E-state index is 0.762. The molecule has 4 rings (SSSR count). The Bertz CT molecular complexity index is 693. The molecular formula is C25H40N4. The first-order valence-electron chi connectivity index (χ1n) is 11.9. The highest BCUT2D eigenvalue weighted by Crippen LogP contribution is 2.37. The van der Waals surface area contributed by atoms with E-state index in [1.54, 1.807) is 0 Å². The van der Waals surface area contributed by atoms with Crippen molar-refractivity contribution in [3.63, 3.8) is 0 Å². The molecule has 29 heavy (non-hydrogen) atoms. The van der Waals surface area contributed by atoms with E-state index >= 15 is 0 Å². The maximum Gasteiger partial charge on any atom is 0.0444 e. The average Bonchev–Trinajstić information content (AvgIpc) is 3.56. The summed E-state index contributed by atoms with van der Waals surface area (Å²) in [5.74, 6) is 0.936. The number of benzene rings is 1. The smallest absolute Gasteiger partial charge is 0.0444 e. The summed E-state index contributed by atoms with van der Waals surface area (Å²) in [4.78, 5) is 7.82. The van der Waals surface area contributed by atoms with Crippen molar-refractivity contribution in [2.24, 2.45) is 5.92 Å². The summed E-state index contributed by atoms with van der Waals surface area (Å²) in [6, 6.07) is 7.37. The third-order valence-corrected chi connectivity index (χ3v) is 7.14. The second-order valence-corrected chi connectivity index (χ2v) is 9.49. The van der Waals surface area contributed by atoms with Crippen LogP contribution in [0.15, 0.2) is 24.3 Å². The lowest BCUT2D eigenvalue weighted by Gasteiger charge is -2.43. The highest BCUT2D eigenvalue weighted by atomic mass is 15.3. The number of anilines is 2. The van der Waals surface area contributed by atoms with Crippen LogP contribution < -0.4 is 10.6 Å². The van der Waals surface area contributed by atoms with E-state index in [4.69, 9.17) is 5.73 Å². The lowest BCUT2D eigenvalue weighted by atomic mass is 9.95. The minimum atomic E-state index is 0.762. The van der Waals surface area contributed by atoms with Crippen LogP contribution in [0.4, 0.5) is 11.4 Å². The predicted octanol–water partition coefficient (Wildman–Crippen LogP) is 4.47. The number of allylic oxidation sites excluding steroid dienone is 2. The summed E-state index contributed by atoms with van der Waals surface area (Å²) in [7, 11) is 2.24. The number of likely N-dealkylation sites (N-methyl/N-ethyl adjacent to an activating group) is 1. The molecule has 2 heterocycles. The summed E-state index contributed by atoms with van der Waals surface area (Å²) in [6.45, 7) is 9.52. The van der Waals surface area contributed by atoms with E-state index in [9.17, 15) is 0 Å². The van der Waals surface area contributed by atoms with E-state index < -0.39 is 0 Å². The molecule has 3 aliphatic rings. The Labute approximate surface area is 177 Å². The van der Waals surface area contributed by atoms with Crippen molar-refractivity contribution in [1.82, 2.24) is 9.80 Å². The van der Waals surface area contributed by atoms with Crippen LogP contribution in [-0.2, 0) is 0 Å². The molecule has 1 aromatic carbocycles. The summed E-state index contributed by atoms with van der Waals surface area (Å²) in [5.41, 5.74) is 11.4. The molecular weight excluding hydrogens is 356 g/mol. The van der Waals surface area contributed by atoms with Gasteiger partial charge in [0, 0.05) is 62.2 Å². The zero-order chi connectivity index (χ0) is 20.2. The molecule has 4 heteroatoms. The molecule has 160 valence electrons. The molecule has 2 saturated heterocycles. The molecule has 2 aliphatic heterocycles. The van der Waals surface area contributed by atoms with Gasteiger partial charge in [-0.2, -0.15) is 0 Å². The Morgan fingerprint density at radius 1 is 1.03 bits per heavy atom. The van der Waals surface area contributed by atoms with Crippen LogP contribution >= 0.6 is 0 Å². The molecule has 0 spiro atoms. The van der Waals surface area contributed by atoms with Gasteiger partial charge in [0.1, 0.15) is 0 Å². The van der Waals surface area contributed by atoms with Gasteiger partial charge in [-0.1, -0.05) is 19.4 Å². The van der Waals surface area contributed by atoms with Gasteiger partial charge in [0.15, 0.2) is 0 Å². The number of hydrogen-bond acceptors (Lipinski definition) is 4. The topological polar surface area (TPSA) is 35.7 Å². The fourth-order valence-corrected chi connectivity index (χ4v) is 5.02. The number of piperidine rings is 1. The first kappa shape index (κ1) is 20.7. The lowest BCUT2D eigenvalue weighted by molar-refractivity contribution is 0.0982. The Balaban J connectivity index is 1.46. The van der Waals surface area contributed by atoms with Gasteiger partial charge in [0.25, 0.3) is 0 Å². The molecule has 1 aliphatic carbocycles. The van der Waals surface area contributed by atoms with Gasteiger partial charge >= 0.3 is 0 Å². The van der Waals surface area contributed by atoms with Crippen molar-refractivity contribution in [2.75, 3.05) is 56.9 Å². The van der Waals surface area contributed by atoms with Gasteiger partial charge in [-0.3, -0.25) is 4.90 Å². The van der Waals surface area contributed by atoms with Crippen molar-refractivity contribution in [3.8, 4) is 0 Å². The van der Waals surface area contributed by atoms with E-state index in [1.807, 2.05) is 0 Å². The van der Waals surface area contributed by atoms with E-state index in [2.05, 4.69) is 52.9 Å². The second-order valence-electron chi connectivity index (χ2n) is 9.49. The molecule has 0 amide bonds. The van der Waals surface area contributed by atoms with Gasteiger partial charge in [-0.15, -0.1) is 0 Å². The van der Waals surface area contributed by atoms with E-state index in [0.717, 1.165) is 37.2 Å². The number of piperazine rings is 1. The molecule has 0 unspecified atom stereocenters. The number of nitrogen functional groups attached to an aromatic ring is 1. The SMILES string of the molecule is CCC/C(=C\CC1CC1)c1cc(N)ccc1N1CCC(N2CCN(C)CC2)CC1. The molecule has 2 N–H and O–H groups in total. The van der Waals surface area contributed by atoms with Crippen molar-refractivity contribution < 1.29 is 0 Å². The standard InChI is InChI=1S/C25H40N4/c1-3-4-21(8-7-20-5-6-20)24-19-22(26)9-10-25(24)29-13-11-23(12-14-29)28-17-15-27(2)16-18-28/h8-10,19-20,23H,3-7,11-18,26H2,1-2H3/b21-8+. The molecule has 3 fully saturated rings. The summed E-state index contributed by atoms with van der Waals surface area (Å²) >= 11 is 0. The quantitative estimate of drug-likeness (QED) is 0.690. The number of nitrogens with two attached hydrogens (primary N) is 1. The van der Waals surface area contributed by atoms with E-state index in [1.165, 1.54) is 81.5 Å². The Morgan fingerprint density at radius 3 is 2.41 bits per heavy atom. The molecule has 0 bridgehead atoms. The molecule has 1 saturated carbocycles. The van der Waals surface area contributed by atoms with Gasteiger partial charge in [-0.25, -0.2) is 0 Å². The third-order valence-electron chi connectivity index (χ3n) is 7.14. The predicted molar refractivity (Wildman–Crippen MR) is 125 cm³/mol. The van der Waals surface area contributed by atoms with Crippen LogP contribution in [0, 0.1) is 5.92 Å². The maximum atomic E-state index is 6.23. The van der Waals surface area contributed by atoms with Crippen LogP contribution in [0.25, 0.3) is 5.57 Å². The van der Waals surface area contributed by atoms with Crippen molar-refractivity contribution in [2.45, 2.75) is 57.9 Å². The first-order valence-corrected chi connectivity index (χ1v) is 11.9. The van der Waals surface area contributed by atoms with Crippen LogP contribution in [0.3, 0.4) is 0 Å². The van der Waals surface area contributed by atoms with Gasteiger partial charge in [0.2, 0.25) is 0 Å². The summed E-state index contributed by atoms with van der Waals surface area (Å²) < 4.78 is 0. The van der Waals surface area contributed by atoms with Gasteiger partial charge in [-0.05, 0) is 75.3 Å². The Hall–Kier alpha value is -1.52.